The molecule has 0 unspecified atom stereocenters. The third kappa shape index (κ3) is 9.26. The van der Waals surface area contributed by atoms with Crippen molar-refractivity contribution >= 4 is 11.9 Å². The largest absolute Gasteiger partial charge is 0.493 e. The van der Waals surface area contributed by atoms with Crippen molar-refractivity contribution in [3.63, 3.8) is 0 Å². The summed E-state index contributed by atoms with van der Waals surface area (Å²) in [6, 6.07) is 13.2. The molecule has 0 saturated carbocycles. The smallest absolute Gasteiger partial charge is 0.338 e. The Morgan fingerprint density at radius 3 is 1.84 bits per heavy atom. The van der Waals surface area contributed by atoms with Crippen LogP contribution >= 0.6 is 0 Å². The fourth-order valence-corrected chi connectivity index (χ4v) is 2.63. The summed E-state index contributed by atoms with van der Waals surface area (Å²) in [5, 5.41) is 9.39. The summed E-state index contributed by atoms with van der Waals surface area (Å²) in [5.74, 6) is 1.02. The third-order valence-corrected chi connectivity index (χ3v) is 4.43. The fourth-order valence-electron chi connectivity index (χ4n) is 2.63. The van der Waals surface area contributed by atoms with Gasteiger partial charge in [0.1, 0.15) is 0 Å². The summed E-state index contributed by atoms with van der Waals surface area (Å²) in [6.07, 6.45) is 0.881. The number of rotatable bonds is 8. The van der Waals surface area contributed by atoms with Crippen LogP contribution in [0, 0.1) is 0 Å². The molecule has 178 valence electrons. The van der Waals surface area contributed by atoms with Crippen LogP contribution < -0.4 is 19.5 Å². The number of nitrogens with one attached hydrogen (secondary N) is 1. The van der Waals surface area contributed by atoms with Gasteiger partial charge in [-0.15, -0.1) is 0 Å². The lowest BCUT2D eigenvalue weighted by molar-refractivity contribution is -0.118. The number of carbonyl (C=O) groups is 2. The Morgan fingerprint density at radius 1 is 0.969 bits per heavy atom. The van der Waals surface area contributed by atoms with Crippen molar-refractivity contribution in [2.24, 2.45) is 0 Å². The monoisotopic (exact) mass is 449 g/mol. The molecule has 0 spiro atoms. The van der Waals surface area contributed by atoms with Crippen molar-refractivity contribution < 1.29 is 33.6 Å². The van der Waals surface area contributed by atoms with Crippen molar-refractivity contribution in [2.75, 3.05) is 42.1 Å². The second kappa shape index (κ2) is 16.4. The minimum Gasteiger partial charge on any atom is -0.493 e. The van der Waals surface area contributed by atoms with E-state index >= 15 is 0 Å². The molecule has 8 nitrogen and oxygen atoms in total. The van der Waals surface area contributed by atoms with E-state index in [9.17, 15) is 9.59 Å². The number of hydrogen-bond acceptors (Lipinski definition) is 7. The zero-order chi connectivity index (χ0) is 24.5. The Labute approximate surface area is 190 Å². The van der Waals surface area contributed by atoms with Gasteiger partial charge < -0.3 is 29.4 Å². The first-order valence-electron chi connectivity index (χ1n) is 10.1. The highest BCUT2D eigenvalue weighted by atomic mass is 16.5. The summed E-state index contributed by atoms with van der Waals surface area (Å²) in [6.45, 7) is 3.86. The molecule has 0 radical (unpaired) electrons. The zero-order valence-electron chi connectivity index (χ0n) is 19.9. The highest BCUT2D eigenvalue weighted by Crippen LogP contribution is 2.38. The van der Waals surface area contributed by atoms with Gasteiger partial charge in [0.25, 0.3) is 0 Å². The molecule has 0 heterocycles. The van der Waals surface area contributed by atoms with E-state index in [4.69, 9.17) is 24.1 Å². The molecule has 0 aliphatic heterocycles. The van der Waals surface area contributed by atoms with Gasteiger partial charge in [-0.1, -0.05) is 37.3 Å². The Morgan fingerprint density at radius 2 is 1.47 bits per heavy atom. The Balaban J connectivity index is 0.00000121. The summed E-state index contributed by atoms with van der Waals surface area (Å²) in [4.78, 5) is 22.2. The maximum atomic E-state index is 12.5. The predicted molar refractivity (Wildman–Crippen MR) is 124 cm³/mol. The Kier molecular flexibility index (Phi) is 14.8. The lowest BCUT2D eigenvalue weighted by atomic mass is 9.97. The number of hydrogen-bond donors (Lipinski definition) is 2. The molecule has 0 aromatic heterocycles. The molecule has 2 N–H and O–H groups in total. The second-order valence-electron chi connectivity index (χ2n) is 6.33. The number of amides is 1. The van der Waals surface area contributed by atoms with E-state index in [-0.39, 0.29) is 11.8 Å². The summed E-state index contributed by atoms with van der Waals surface area (Å²) >= 11 is 0. The van der Waals surface area contributed by atoms with Gasteiger partial charge in [0.2, 0.25) is 11.7 Å². The molecule has 1 atom stereocenters. The van der Waals surface area contributed by atoms with Crippen LogP contribution in [0.15, 0.2) is 42.5 Å². The lowest BCUT2D eigenvalue weighted by Gasteiger charge is -2.17. The van der Waals surface area contributed by atoms with E-state index in [0.29, 0.717) is 29.4 Å². The van der Waals surface area contributed by atoms with Crippen LogP contribution in [0.1, 0.15) is 42.1 Å². The summed E-state index contributed by atoms with van der Waals surface area (Å²) in [5.41, 5.74) is 1.51. The lowest BCUT2D eigenvalue weighted by Crippen LogP contribution is -2.13. The first-order chi connectivity index (χ1) is 15.4. The maximum Gasteiger partial charge on any atom is 0.338 e. The molecule has 2 aromatic rings. The number of aliphatic hydroxyl groups excluding tert-OH is 1. The van der Waals surface area contributed by atoms with Crippen molar-refractivity contribution in [2.45, 2.75) is 26.2 Å². The number of benzene rings is 2. The number of esters is 1. The van der Waals surface area contributed by atoms with E-state index in [0.717, 1.165) is 19.1 Å². The highest BCUT2D eigenvalue weighted by molar-refractivity contribution is 5.91. The highest BCUT2D eigenvalue weighted by Gasteiger charge is 2.19. The van der Waals surface area contributed by atoms with Crippen LogP contribution in [0.2, 0.25) is 0 Å². The van der Waals surface area contributed by atoms with Gasteiger partial charge in [0.15, 0.2) is 11.5 Å². The first kappa shape index (κ1) is 28.7. The first-order valence-corrected chi connectivity index (χ1v) is 10.1. The van der Waals surface area contributed by atoms with Gasteiger partial charge in [-0.2, -0.15) is 0 Å². The van der Waals surface area contributed by atoms with Gasteiger partial charge in [0, 0.05) is 27.0 Å². The van der Waals surface area contributed by atoms with Gasteiger partial charge in [-0.3, -0.25) is 4.79 Å². The van der Waals surface area contributed by atoms with Crippen LogP contribution in [-0.2, 0) is 9.53 Å². The van der Waals surface area contributed by atoms with Gasteiger partial charge in [-0.05, 0) is 24.1 Å². The van der Waals surface area contributed by atoms with E-state index in [1.165, 1.54) is 28.3 Å². The van der Waals surface area contributed by atoms with Gasteiger partial charge >= 0.3 is 5.97 Å². The molecule has 2 rings (SSSR count). The van der Waals surface area contributed by atoms with Crippen molar-refractivity contribution in [1.29, 1.82) is 0 Å². The fraction of sp³-hybridized carbons (Fsp3) is 0.417. The molecular formula is C24H35NO7. The molecular weight excluding hydrogens is 414 g/mol. The molecule has 0 aliphatic rings. The van der Waals surface area contributed by atoms with Crippen LogP contribution in [0.4, 0.5) is 0 Å². The van der Waals surface area contributed by atoms with Crippen LogP contribution in [-0.4, -0.2) is 59.1 Å². The molecule has 2 aromatic carbocycles. The number of methoxy groups -OCH3 is 3. The molecule has 0 aliphatic carbocycles. The molecule has 8 heteroatoms. The molecule has 0 fully saturated rings. The SMILES string of the molecule is CC[C@@H](COC(=O)c1cc(OC)c(OC)c(OC)c1)c1ccccc1.CNC(C)=O.CO. The second-order valence-corrected chi connectivity index (χ2v) is 6.33. The van der Waals surface area contributed by atoms with Gasteiger partial charge in [0.05, 0.1) is 33.5 Å². The molecule has 1 amide bonds. The van der Waals surface area contributed by atoms with E-state index in [1.54, 1.807) is 19.2 Å². The van der Waals surface area contributed by atoms with Crippen molar-refractivity contribution in [1.82, 2.24) is 5.32 Å². The van der Waals surface area contributed by atoms with E-state index in [1.807, 2.05) is 30.3 Å². The normalized spacial score (nSPS) is 10.2. The van der Waals surface area contributed by atoms with E-state index in [2.05, 4.69) is 12.2 Å². The molecule has 0 bridgehead atoms. The average molecular weight is 450 g/mol. The minimum absolute atomic E-state index is 0.00463. The quantitative estimate of drug-likeness (QED) is 0.595. The number of carbonyl (C=O) groups excluding carboxylic acids is 2. The number of ether oxygens (including phenoxy) is 4. The van der Waals surface area contributed by atoms with E-state index < -0.39 is 5.97 Å². The maximum absolute atomic E-state index is 12.5. The number of aliphatic hydroxyl groups is 1. The van der Waals surface area contributed by atoms with Crippen LogP contribution in [0.5, 0.6) is 17.2 Å². The Bertz CT molecular complexity index is 784. The molecule has 0 saturated heterocycles. The topological polar surface area (TPSA) is 103 Å². The van der Waals surface area contributed by atoms with Gasteiger partial charge in [-0.25, -0.2) is 4.79 Å². The average Bonchev–Trinajstić information content (AvgIpc) is 2.85. The van der Waals surface area contributed by atoms with Crippen molar-refractivity contribution in [3.8, 4) is 17.2 Å². The zero-order valence-corrected chi connectivity index (χ0v) is 19.9. The Hall–Kier alpha value is -3.26. The summed E-state index contributed by atoms with van der Waals surface area (Å²) < 4.78 is 21.3. The standard InChI is InChI=1S/C20H24O5.C3H7NO.CH4O/c1-5-14(15-9-7-6-8-10-15)13-25-20(21)16-11-17(22-2)19(24-4)18(12-16)23-3;1-3(5)4-2;1-2/h6-12,14H,5,13H2,1-4H3;1-2H3,(H,4,5);2H,1H3/t14-;;/m0../s1. The van der Waals surface area contributed by atoms with Crippen LogP contribution in [0.3, 0.4) is 0 Å². The summed E-state index contributed by atoms with van der Waals surface area (Å²) in [7, 11) is 7.14. The van der Waals surface area contributed by atoms with Crippen LogP contribution in [0.25, 0.3) is 0 Å². The molecule has 32 heavy (non-hydrogen) atoms. The van der Waals surface area contributed by atoms with Crippen molar-refractivity contribution in [3.05, 3.63) is 53.6 Å². The predicted octanol–water partition coefficient (Wildman–Crippen LogP) is 3.42. The minimum atomic E-state index is -0.423. The third-order valence-electron chi connectivity index (χ3n) is 4.43.